The Balaban J connectivity index is 0.00000121. The third kappa shape index (κ3) is 3.35. The Morgan fingerprint density at radius 1 is 1.50 bits per heavy atom. The van der Waals surface area contributed by atoms with Crippen LogP contribution in [0.3, 0.4) is 0 Å². The summed E-state index contributed by atoms with van der Waals surface area (Å²) in [5.74, 6) is 0. The molecule has 1 rings (SSSR count). The zero-order chi connectivity index (χ0) is 8.27. The van der Waals surface area contributed by atoms with E-state index >= 15 is 0 Å². The van der Waals surface area contributed by atoms with Gasteiger partial charge in [-0.2, -0.15) is 0 Å². The van der Waals surface area contributed by atoms with Gasteiger partial charge >= 0.3 is 29.6 Å². The fraction of sp³-hybridized carbons (Fsp3) is 0.143. The van der Waals surface area contributed by atoms with E-state index in [1.54, 1.807) is 18.2 Å². The van der Waals surface area contributed by atoms with Crippen molar-refractivity contribution in [2.75, 3.05) is 0 Å². The molecule has 0 saturated carbocycles. The van der Waals surface area contributed by atoms with Crippen LogP contribution in [0.4, 0.5) is 0 Å². The van der Waals surface area contributed by atoms with Gasteiger partial charge in [-0.3, -0.25) is 0 Å². The van der Waals surface area contributed by atoms with Gasteiger partial charge in [0, 0.05) is 6.54 Å². The molecular formula is C7H10NNaO2S. The van der Waals surface area contributed by atoms with E-state index in [0.717, 1.165) is 5.56 Å². The molecule has 1 aromatic rings. The second-order valence-corrected chi connectivity index (χ2v) is 3.07. The Kier molecular flexibility index (Phi) is 6.00. The molecule has 0 fully saturated rings. The fourth-order valence-electron chi connectivity index (χ4n) is 0.781. The Labute approximate surface area is 95.9 Å². The van der Waals surface area contributed by atoms with Gasteiger partial charge in [0.15, 0.2) is 11.1 Å². The quantitative estimate of drug-likeness (QED) is 0.519. The molecular weight excluding hydrogens is 185 g/mol. The van der Waals surface area contributed by atoms with E-state index in [2.05, 4.69) is 0 Å². The first-order valence-electron chi connectivity index (χ1n) is 3.14. The zero-order valence-corrected chi connectivity index (χ0v) is 6.67. The molecule has 62 valence electrons. The van der Waals surface area contributed by atoms with Gasteiger partial charge in [0.2, 0.25) is 0 Å². The fourth-order valence-corrected chi connectivity index (χ4v) is 1.23. The molecule has 0 spiro atoms. The third-order valence-corrected chi connectivity index (χ3v) is 1.99. The molecule has 0 aliphatic heterocycles. The molecule has 3 nitrogen and oxygen atoms in total. The SMILES string of the molecule is NCc1cccc(S(=O)O)c1.[NaH]. The van der Waals surface area contributed by atoms with E-state index in [0.29, 0.717) is 11.4 Å². The van der Waals surface area contributed by atoms with Crippen molar-refractivity contribution >= 4 is 40.6 Å². The third-order valence-electron chi connectivity index (χ3n) is 1.34. The number of benzene rings is 1. The van der Waals surface area contributed by atoms with Crippen LogP contribution in [-0.4, -0.2) is 38.3 Å². The van der Waals surface area contributed by atoms with Gasteiger partial charge in [0.25, 0.3) is 0 Å². The summed E-state index contributed by atoms with van der Waals surface area (Å²) < 4.78 is 19.2. The second kappa shape index (κ2) is 5.85. The van der Waals surface area contributed by atoms with Crippen LogP contribution in [-0.2, 0) is 17.6 Å². The van der Waals surface area contributed by atoms with Gasteiger partial charge < -0.3 is 10.3 Å². The van der Waals surface area contributed by atoms with Crippen molar-refractivity contribution in [3.05, 3.63) is 29.8 Å². The van der Waals surface area contributed by atoms with Gasteiger partial charge in [-0.05, 0) is 17.7 Å². The molecule has 1 unspecified atom stereocenters. The van der Waals surface area contributed by atoms with Crippen LogP contribution < -0.4 is 5.73 Å². The predicted molar refractivity (Wildman–Crippen MR) is 50.5 cm³/mol. The van der Waals surface area contributed by atoms with Crippen molar-refractivity contribution in [1.29, 1.82) is 0 Å². The van der Waals surface area contributed by atoms with Crippen LogP contribution in [0.1, 0.15) is 5.56 Å². The topological polar surface area (TPSA) is 63.3 Å². The van der Waals surface area contributed by atoms with E-state index in [9.17, 15) is 4.21 Å². The summed E-state index contributed by atoms with van der Waals surface area (Å²) in [6.45, 7) is 0.394. The van der Waals surface area contributed by atoms with E-state index in [1.165, 1.54) is 0 Å². The standard InChI is InChI=1S/C7H9NO2S.Na.H/c8-5-6-2-1-3-7(4-6)11(9)10;;/h1-4H,5,8H2,(H,9,10);;. The van der Waals surface area contributed by atoms with Crippen LogP contribution in [0.15, 0.2) is 29.2 Å². The summed E-state index contributed by atoms with van der Waals surface area (Å²) in [7, 11) is 0. The van der Waals surface area contributed by atoms with Crippen molar-refractivity contribution in [3.63, 3.8) is 0 Å². The molecule has 5 heteroatoms. The molecule has 0 saturated heterocycles. The summed E-state index contributed by atoms with van der Waals surface area (Å²) in [6.07, 6.45) is 0. The summed E-state index contributed by atoms with van der Waals surface area (Å²) in [5, 5.41) is 0. The van der Waals surface area contributed by atoms with E-state index < -0.39 is 11.1 Å². The van der Waals surface area contributed by atoms with Gasteiger partial charge in [-0.25, -0.2) is 4.21 Å². The minimum atomic E-state index is -1.90. The van der Waals surface area contributed by atoms with Crippen LogP contribution in [0.2, 0.25) is 0 Å². The summed E-state index contributed by atoms with van der Waals surface area (Å²) in [6, 6.07) is 6.74. The second-order valence-electron chi connectivity index (χ2n) is 2.10. The van der Waals surface area contributed by atoms with Crippen LogP contribution in [0.25, 0.3) is 0 Å². The van der Waals surface area contributed by atoms with Gasteiger partial charge in [0.1, 0.15) is 0 Å². The number of rotatable bonds is 2. The summed E-state index contributed by atoms with van der Waals surface area (Å²) in [4.78, 5) is 0.396. The number of hydrogen-bond acceptors (Lipinski definition) is 2. The van der Waals surface area contributed by atoms with Crippen LogP contribution >= 0.6 is 0 Å². The molecule has 0 bridgehead atoms. The first-order valence-corrected chi connectivity index (χ1v) is 4.24. The molecule has 1 aromatic carbocycles. The van der Waals surface area contributed by atoms with E-state index in [-0.39, 0.29) is 29.6 Å². The molecule has 12 heavy (non-hydrogen) atoms. The minimum absolute atomic E-state index is 0. The maximum absolute atomic E-state index is 10.5. The molecule has 0 radical (unpaired) electrons. The maximum atomic E-state index is 10.5. The molecule has 1 atom stereocenters. The van der Waals surface area contributed by atoms with Crippen molar-refractivity contribution < 1.29 is 8.76 Å². The monoisotopic (exact) mass is 195 g/mol. The van der Waals surface area contributed by atoms with Crippen molar-refractivity contribution in [1.82, 2.24) is 0 Å². The zero-order valence-electron chi connectivity index (χ0n) is 5.86. The molecule has 0 amide bonds. The Morgan fingerprint density at radius 2 is 2.17 bits per heavy atom. The van der Waals surface area contributed by atoms with Crippen LogP contribution in [0, 0.1) is 0 Å². The number of hydrogen-bond donors (Lipinski definition) is 2. The number of nitrogens with two attached hydrogens (primary N) is 1. The van der Waals surface area contributed by atoms with E-state index in [1.807, 2.05) is 6.07 Å². The summed E-state index contributed by atoms with van der Waals surface area (Å²) >= 11 is -1.90. The first kappa shape index (κ1) is 12.3. The van der Waals surface area contributed by atoms with Crippen molar-refractivity contribution in [2.24, 2.45) is 5.73 Å². The Bertz CT molecular complexity index is 280. The molecule has 0 aromatic heterocycles. The molecule has 0 aliphatic rings. The van der Waals surface area contributed by atoms with Gasteiger partial charge in [-0.15, -0.1) is 0 Å². The van der Waals surface area contributed by atoms with Gasteiger partial charge in [-0.1, -0.05) is 12.1 Å². The van der Waals surface area contributed by atoms with Crippen LogP contribution in [0.5, 0.6) is 0 Å². The molecule has 0 heterocycles. The average Bonchev–Trinajstić information content (AvgIpc) is 2.05. The molecule has 3 N–H and O–H groups in total. The molecule has 0 aliphatic carbocycles. The van der Waals surface area contributed by atoms with Crippen molar-refractivity contribution in [3.8, 4) is 0 Å². The first-order chi connectivity index (χ1) is 5.24. The van der Waals surface area contributed by atoms with Crippen molar-refractivity contribution in [2.45, 2.75) is 11.4 Å². The predicted octanol–water partition coefficient (Wildman–Crippen LogP) is 0.0774. The summed E-state index contributed by atoms with van der Waals surface area (Å²) in [5.41, 5.74) is 6.20. The van der Waals surface area contributed by atoms with E-state index in [4.69, 9.17) is 10.3 Å². The Hall–Kier alpha value is 0.290. The average molecular weight is 195 g/mol. The van der Waals surface area contributed by atoms with Gasteiger partial charge in [0.05, 0.1) is 4.90 Å². The normalized spacial score (nSPS) is 11.8. The Morgan fingerprint density at radius 3 is 2.67 bits per heavy atom.